The molecule has 1 aliphatic carbocycles. The molecule has 0 aromatic rings. The Morgan fingerprint density at radius 1 is 1.40 bits per heavy atom. The molecule has 0 aliphatic heterocycles. The number of hydrogen-bond donors (Lipinski definition) is 1. The molecule has 0 aromatic carbocycles. The Morgan fingerprint density at radius 2 is 2.05 bits per heavy atom. The molecule has 0 spiro atoms. The van der Waals surface area contributed by atoms with Gasteiger partial charge in [0.1, 0.15) is 0 Å². The van der Waals surface area contributed by atoms with E-state index in [0.717, 1.165) is 19.4 Å². The fourth-order valence-electron chi connectivity index (χ4n) is 2.64. The van der Waals surface area contributed by atoms with Gasteiger partial charge in [-0.2, -0.15) is 0 Å². The molecule has 0 heterocycles. The summed E-state index contributed by atoms with van der Waals surface area (Å²) in [6.45, 7) is 8.66. The molecule has 1 amide bonds. The van der Waals surface area contributed by atoms with Gasteiger partial charge in [0.05, 0.1) is 6.54 Å². The summed E-state index contributed by atoms with van der Waals surface area (Å²) in [6.07, 6.45) is 10.3. The Balaban J connectivity index is 2.47. The third-order valence-electron chi connectivity index (χ3n) is 4.26. The molecule has 0 radical (unpaired) electrons. The van der Waals surface area contributed by atoms with E-state index < -0.39 is 0 Å². The van der Waals surface area contributed by atoms with Crippen LogP contribution in [-0.2, 0) is 4.79 Å². The molecule has 1 unspecified atom stereocenters. The van der Waals surface area contributed by atoms with Gasteiger partial charge in [-0.15, -0.1) is 6.42 Å². The monoisotopic (exact) mass is 278 g/mol. The zero-order chi connectivity index (χ0) is 15.2. The quantitative estimate of drug-likeness (QED) is 0.694. The SMILES string of the molecule is C#CCN(CC1CC1)C(=O)CCC(CCN)C(C)(C)C. The first-order valence-corrected chi connectivity index (χ1v) is 7.79. The summed E-state index contributed by atoms with van der Waals surface area (Å²) >= 11 is 0. The molecule has 1 atom stereocenters. The summed E-state index contributed by atoms with van der Waals surface area (Å²) < 4.78 is 0. The second-order valence-electron chi connectivity index (χ2n) is 7.10. The highest BCUT2D eigenvalue weighted by Gasteiger charge is 2.28. The van der Waals surface area contributed by atoms with Crippen molar-refractivity contribution in [2.75, 3.05) is 19.6 Å². The molecular weight excluding hydrogens is 248 g/mol. The minimum atomic E-state index is 0.201. The molecule has 0 bridgehead atoms. The van der Waals surface area contributed by atoms with Gasteiger partial charge in [0.25, 0.3) is 0 Å². The first-order chi connectivity index (χ1) is 9.38. The molecule has 3 heteroatoms. The van der Waals surface area contributed by atoms with Gasteiger partial charge >= 0.3 is 0 Å². The lowest BCUT2D eigenvalue weighted by Crippen LogP contribution is -2.34. The summed E-state index contributed by atoms with van der Waals surface area (Å²) in [6, 6.07) is 0. The number of terminal acetylenes is 1. The van der Waals surface area contributed by atoms with Gasteiger partial charge in [-0.1, -0.05) is 26.7 Å². The summed E-state index contributed by atoms with van der Waals surface area (Å²) in [5.41, 5.74) is 5.89. The van der Waals surface area contributed by atoms with E-state index >= 15 is 0 Å². The molecule has 1 aliphatic rings. The maximum absolute atomic E-state index is 12.3. The van der Waals surface area contributed by atoms with Crippen LogP contribution in [0.5, 0.6) is 0 Å². The van der Waals surface area contributed by atoms with Crippen LogP contribution < -0.4 is 5.73 Å². The molecule has 1 saturated carbocycles. The highest BCUT2D eigenvalue weighted by atomic mass is 16.2. The van der Waals surface area contributed by atoms with Crippen LogP contribution >= 0.6 is 0 Å². The van der Waals surface area contributed by atoms with E-state index in [0.29, 0.717) is 31.3 Å². The van der Waals surface area contributed by atoms with Gasteiger partial charge in [-0.25, -0.2) is 0 Å². The maximum Gasteiger partial charge on any atom is 0.223 e. The molecule has 2 N–H and O–H groups in total. The van der Waals surface area contributed by atoms with Crippen molar-refractivity contribution in [2.45, 2.75) is 52.9 Å². The highest BCUT2D eigenvalue weighted by Crippen LogP contribution is 2.33. The third-order valence-corrected chi connectivity index (χ3v) is 4.26. The van der Waals surface area contributed by atoms with E-state index in [1.165, 1.54) is 12.8 Å². The Hall–Kier alpha value is -1.01. The van der Waals surface area contributed by atoms with Crippen LogP contribution in [0.25, 0.3) is 0 Å². The second kappa shape index (κ2) is 7.69. The number of carbonyl (C=O) groups is 1. The van der Waals surface area contributed by atoms with Crippen LogP contribution in [0.4, 0.5) is 0 Å². The van der Waals surface area contributed by atoms with Gasteiger partial charge in [0.2, 0.25) is 5.91 Å². The van der Waals surface area contributed by atoms with Gasteiger partial charge in [-0.05, 0) is 49.5 Å². The smallest absolute Gasteiger partial charge is 0.223 e. The molecule has 0 saturated heterocycles. The van der Waals surface area contributed by atoms with Crippen LogP contribution in [0.3, 0.4) is 0 Å². The predicted octanol–water partition coefficient (Wildman–Crippen LogP) is 2.65. The molecule has 20 heavy (non-hydrogen) atoms. The molecule has 114 valence electrons. The van der Waals surface area contributed by atoms with E-state index in [-0.39, 0.29) is 11.3 Å². The van der Waals surface area contributed by atoms with Gasteiger partial charge < -0.3 is 10.6 Å². The van der Waals surface area contributed by atoms with E-state index in [1.807, 2.05) is 4.90 Å². The van der Waals surface area contributed by atoms with Crippen LogP contribution in [0, 0.1) is 29.6 Å². The van der Waals surface area contributed by atoms with E-state index in [1.54, 1.807) is 0 Å². The van der Waals surface area contributed by atoms with Gasteiger partial charge in [0.15, 0.2) is 0 Å². The van der Waals surface area contributed by atoms with Crippen LogP contribution in [-0.4, -0.2) is 30.4 Å². The Bertz CT molecular complexity index is 347. The van der Waals surface area contributed by atoms with E-state index in [9.17, 15) is 4.79 Å². The zero-order valence-electron chi connectivity index (χ0n) is 13.3. The fourth-order valence-corrected chi connectivity index (χ4v) is 2.64. The fraction of sp³-hybridized carbons (Fsp3) is 0.824. The normalized spacial score (nSPS) is 16.6. The maximum atomic E-state index is 12.3. The van der Waals surface area contributed by atoms with Crippen molar-refractivity contribution >= 4 is 5.91 Å². The minimum absolute atomic E-state index is 0.201. The van der Waals surface area contributed by atoms with Crippen molar-refractivity contribution in [3.63, 3.8) is 0 Å². The molecule has 3 nitrogen and oxygen atoms in total. The Labute approximate surface area is 124 Å². The van der Waals surface area contributed by atoms with E-state index in [2.05, 4.69) is 26.7 Å². The topological polar surface area (TPSA) is 46.3 Å². The Kier molecular flexibility index (Phi) is 6.55. The third kappa shape index (κ3) is 5.96. The van der Waals surface area contributed by atoms with Gasteiger partial charge in [-0.3, -0.25) is 4.79 Å². The zero-order valence-corrected chi connectivity index (χ0v) is 13.3. The largest absolute Gasteiger partial charge is 0.331 e. The van der Waals surface area contributed by atoms with Crippen molar-refractivity contribution in [1.29, 1.82) is 0 Å². The minimum Gasteiger partial charge on any atom is -0.331 e. The van der Waals surface area contributed by atoms with Crippen LogP contribution in [0.15, 0.2) is 0 Å². The second-order valence-corrected chi connectivity index (χ2v) is 7.10. The number of nitrogens with zero attached hydrogens (tertiary/aromatic N) is 1. The lowest BCUT2D eigenvalue weighted by molar-refractivity contribution is -0.131. The summed E-state index contributed by atoms with van der Waals surface area (Å²) in [5.74, 6) is 4.00. The van der Waals surface area contributed by atoms with E-state index in [4.69, 9.17) is 12.2 Å². The Morgan fingerprint density at radius 3 is 2.50 bits per heavy atom. The predicted molar refractivity (Wildman–Crippen MR) is 84.0 cm³/mol. The number of hydrogen-bond acceptors (Lipinski definition) is 2. The van der Waals surface area contributed by atoms with Crippen LogP contribution in [0.1, 0.15) is 52.9 Å². The molecule has 0 aromatic heterocycles. The first kappa shape index (κ1) is 17.0. The van der Waals surface area contributed by atoms with Crippen molar-refractivity contribution in [2.24, 2.45) is 23.0 Å². The van der Waals surface area contributed by atoms with Crippen LogP contribution in [0.2, 0.25) is 0 Å². The van der Waals surface area contributed by atoms with Gasteiger partial charge in [0, 0.05) is 13.0 Å². The summed E-state index contributed by atoms with van der Waals surface area (Å²) in [5, 5.41) is 0. The highest BCUT2D eigenvalue weighted by molar-refractivity contribution is 5.76. The standard InChI is InChI=1S/C17H30N2O/c1-5-12-19(13-14-6-7-14)16(20)9-8-15(10-11-18)17(2,3)4/h1,14-15H,6-13,18H2,2-4H3. The van der Waals surface area contributed by atoms with Crippen molar-refractivity contribution in [3.05, 3.63) is 0 Å². The number of rotatable bonds is 8. The van der Waals surface area contributed by atoms with Crippen molar-refractivity contribution in [1.82, 2.24) is 4.90 Å². The number of amides is 1. The lowest BCUT2D eigenvalue weighted by atomic mass is 9.76. The molecule has 1 rings (SSSR count). The molecular formula is C17H30N2O. The number of nitrogens with two attached hydrogens (primary N) is 1. The average Bonchev–Trinajstić information content (AvgIpc) is 3.16. The van der Waals surface area contributed by atoms with Crippen molar-refractivity contribution < 1.29 is 4.79 Å². The van der Waals surface area contributed by atoms with Crippen molar-refractivity contribution in [3.8, 4) is 12.3 Å². The molecule has 1 fully saturated rings. The summed E-state index contributed by atoms with van der Waals surface area (Å²) in [7, 11) is 0. The first-order valence-electron chi connectivity index (χ1n) is 7.79. The summed E-state index contributed by atoms with van der Waals surface area (Å²) in [4.78, 5) is 14.2. The number of carbonyl (C=O) groups excluding carboxylic acids is 1. The average molecular weight is 278 g/mol. The lowest BCUT2D eigenvalue weighted by Gasteiger charge is -2.31.